The number of pyridine rings is 1. The molecule has 0 atom stereocenters. The van der Waals surface area contributed by atoms with Gasteiger partial charge in [0.15, 0.2) is 0 Å². The molecule has 0 unspecified atom stereocenters. The molecular weight excluding hydrogens is 492 g/mol. The van der Waals surface area contributed by atoms with Crippen molar-refractivity contribution >= 4 is 38.7 Å². The zero-order valence-electron chi connectivity index (χ0n) is 19.4. The van der Waals surface area contributed by atoms with Gasteiger partial charge in [-0.3, -0.25) is 9.59 Å². The molecule has 1 amide bonds. The summed E-state index contributed by atoms with van der Waals surface area (Å²) in [6.07, 6.45) is 5.67. The van der Waals surface area contributed by atoms with E-state index in [1.165, 1.54) is 0 Å². The number of carbonyl (C=O) groups excluding carboxylic acids is 1. The molecule has 6 heteroatoms. The minimum atomic E-state index is -0.685. The van der Waals surface area contributed by atoms with Crippen molar-refractivity contribution < 1.29 is 14.7 Å². The fourth-order valence-corrected chi connectivity index (χ4v) is 6.22. The van der Waals surface area contributed by atoms with Crippen LogP contribution in [0, 0.1) is 5.41 Å². The predicted molar refractivity (Wildman–Crippen MR) is 137 cm³/mol. The van der Waals surface area contributed by atoms with Gasteiger partial charge in [0, 0.05) is 21.0 Å². The summed E-state index contributed by atoms with van der Waals surface area (Å²) in [5.41, 5.74) is 3.39. The summed E-state index contributed by atoms with van der Waals surface area (Å²) in [6.45, 7) is 2.12. The van der Waals surface area contributed by atoms with E-state index in [0.29, 0.717) is 44.1 Å². The molecule has 0 aliphatic heterocycles. The van der Waals surface area contributed by atoms with Crippen LogP contribution in [0.25, 0.3) is 22.2 Å². The molecule has 0 radical (unpaired) electrons. The highest BCUT2D eigenvalue weighted by Crippen LogP contribution is 2.52. The van der Waals surface area contributed by atoms with Gasteiger partial charge < -0.3 is 10.4 Å². The molecule has 0 spiro atoms. The van der Waals surface area contributed by atoms with E-state index >= 15 is 0 Å². The molecule has 3 aliphatic rings. The van der Waals surface area contributed by atoms with Gasteiger partial charge in [0.2, 0.25) is 0 Å². The van der Waals surface area contributed by atoms with Crippen molar-refractivity contribution in [2.24, 2.45) is 5.41 Å². The second-order valence-corrected chi connectivity index (χ2v) is 10.8. The lowest BCUT2D eigenvalue weighted by atomic mass is 9.57. The van der Waals surface area contributed by atoms with Crippen molar-refractivity contribution in [1.29, 1.82) is 0 Å². The Morgan fingerprint density at radius 1 is 1.03 bits per heavy atom. The number of carboxylic acids is 1. The van der Waals surface area contributed by atoms with E-state index < -0.39 is 11.4 Å². The first kappa shape index (κ1) is 23.0. The van der Waals surface area contributed by atoms with Gasteiger partial charge in [-0.2, -0.15) is 0 Å². The molecule has 3 aromatic rings. The number of fused-ring (bicyclic) bond motifs is 4. The van der Waals surface area contributed by atoms with Crippen LogP contribution < -0.4 is 5.32 Å². The Balaban J connectivity index is 1.61. The number of carboxylic acid groups (broad SMARTS) is 1. The fourth-order valence-electron chi connectivity index (χ4n) is 5.86. The Labute approximate surface area is 208 Å². The highest BCUT2D eigenvalue weighted by Gasteiger charge is 2.53. The van der Waals surface area contributed by atoms with Crippen LogP contribution >= 0.6 is 15.9 Å². The second kappa shape index (κ2) is 8.81. The average molecular weight is 521 g/mol. The lowest BCUT2D eigenvalue weighted by molar-refractivity contribution is -0.156. The number of hydrogen-bond donors (Lipinski definition) is 2. The van der Waals surface area contributed by atoms with Gasteiger partial charge in [-0.15, -0.1) is 0 Å². The largest absolute Gasteiger partial charge is 0.481 e. The minimum Gasteiger partial charge on any atom is -0.481 e. The van der Waals surface area contributed by atoms with Crippen LogP contribution in [0.1, 0.15) is 67.8 Å². The topological polar surface area (TPSA) is 79.3 Å². The summed E-state index contributed by atoms with van der Waals surface area (Å²) >= 11 is 3.58. The van der Waals surface area contributed by atoms with Gasteiger partial charge in [-0.25, -0.2) is 4.98 Å². The van der Waals surface area contributed by atoms with Crippen molar-refractivity contribution in [3.8, 4) is 11.3 Å². The van der Waals surface area contributed by atoms with Crippen LogP contribution in [0.2, 0.25) is 0 Å². The molecule has 2 aromatic carbocycles. The van der Waals surface area contributed by atoms with Crippen LogP contribution in [-0.4, -0.2) is 27.5 Å². The van der Waals surface area contributed by atoms with Crippen molar-refractivity contribution in [2.75, 3.05) is 0 Å². The molecule has 6 rings (SSSR count). The van der Waals surface area contributed by atoms with E-state index in [-0.39, 0.29) is 11.4 Å². The number of benzene rings is 2. The van der Waals surface area contributed by atoms with E-state index in [2.05, 4.69) is 28.2 Å². The number of halogens is 1. The van der Waals surface area contributed by atoms with E-state index in [1.54, 1.807) is 0 Å². The van der Waals surface area contributed by atoms with Gasteiger partial charge in [0.25, 0.3) is 5.91 Å². The average Bonchev–Trinajstić information content (AvgIpc) is 2.85. The quantitative estimate of drug-likeness (QED) is 0.387. The Kier molecular flexibility index (Phi) is 5.96. The van der Waals surface area contributed by atoms with Crippen molar-refractivity contribution in [3.05, 3.63) is 64.1 Å². The van der Waals surface area contributed by atoms with Crippen LogP contribution in [0.3, 0.4) is 0 Å². The Morgan fingerprint density at radius 2 is 1.71 bits per heavy atom. The van der Waals surface area contributed by atoms with Gasteiger partial charge in [0.1, 0.15) is 0 Å². The summed E-state index contributed by atoms with van der Waals surface area (Å²) in [6, 6.07) is 16.0. The summed E-state index contributed by atoms with van der Waals surface area (Å²) in [5, 5.41) is 14.0. The zero-order valence-corrected chi connectivity index (χ0v) is 21.0. The third-order valence-electron chi connectivity index (χ3n) is 7.90. The van der Waals surface area contributed by atoms with E-state index in [1.807, 2.05) is 48.5 Å². The number of amides is 1. The molecule has 3 saturated carbocycles. The number of carbonyl (C=O) groups is 2. The first-order valence-electron chi connectivity index (χ1n) is 12.1. The number of aliphatic carboxylic acids is 1. The van der Waals surface area contributed by atoms with Gasteiger partial charge in [0.05, 0.1) is 22.2 Å². The van der Waals surface area contributed by atoms with Crippen LogP contribution in [0.4, 0.5) is 0 Å². The third-order valence-corrected chi connectivity index (χ3v) is 8.39. The number of aromatic nitrogens is 1. The van der Waals surface area contributed by atoms with Crippen LogP contribution in [0.5, 0.6) is 0 Å². The lowest BCUT2D eigenvalue weighted by Crippen LogP contribution is -2.58. The summed E-state index contributed by atoms with van der Waals surface area (Å²) < 4.78 is 0.908. The fraction of sp³-hybridized carbons (Fsp3) is 0.393. The number of rotatable bonds is 6. The maximum Gasteiger partial charge on any atom is 0.309 e. The second-order valence-electron chi connectivity index (χ2n) is 9.91. The normalized spacial score (nSPS) is 23.7. The highest BCUT2D eigenvalue weighted by atomic mass is 79.9. The molecular formula is C28H29BrN2O3. The molecule has 1 heterocycles. The maximum absolute atomic E-state index is 14.0. The predicted octanol–water partition coefficient (Wildman–Crippen LogP) is 6.52. The molecule has 0 saturated heterocycles. The number of nitrogens with zero attached hydrogens (tertiary/aromatic N) is 1. The Bertz CT molecular complexity index is 1250. The zero-order chi connectivity index (χ0) is 23.9. The van der Waals surface area contributed by atoms with Crippen molar-refractivity contribution in [3.63, 3.8) is 0 Å². The van der Waals surface area contributed by atoms with Gasteiger partial charge in [-0.05, 0) is 68.7 Å². The third kappa shape index (κ3) is 3.92. The van der Waals surface area contributed by atoms with E-state index in [9.17, 15) is 14.7 Å². The highest BCUT2D eigenvalue weighted by molar-refractivity contribution is 9.10. The molecule has 34 heavy (non-hydrogen) atoms. The first-order valence-corrected chi connectivity index (χ1v) is 12.9. The monoisotopic (exact) mass is 520 g/mol. The lowest BCUT2D eigenvalue weighted by Gasteiger charge is -2.51. The molecule has 2 N–H and O–H groups in total. The molecule has 3 fully saturated rings. The van der Waals surface area contributed by atoms with E-state index in [4.69, 9.17) is 4.98 Å². The molecule has 5 nitrogen and oxygen atoms in total. The standard InChI is InChI=1S/C28H29BrN2O3/c1-2-6-20-23(25(32)31-28-14-11-27(12-15-28,13-16-28)26(33)34)21-17-19(29)9-10-22(21)30-24(20)18-7-4-3-5-8-18/h3-5,7-10,17H,2,6,11-16H2,1H3,(H,31,32)(H,33,34). The van der Waals surface area contributed by atoms with Crippen LogP contribution in [0.15, 0.2) is 53.0 Å². The number of nitrogens with one attached hydrogen (secondary N) is 1. The SMILES string of the molecule is CCCc1c(-c2ccccc2)nc2ccc(Br)cc2c1C(=O)NC12CCC(C(=O)O)(CC1)CC2. The first-order chi connectivity index (χ1) is 16.4. The Morgan fingerprint density at radius 3 is 2.32 bits per heavy atom. The molecule has 2 bridgehead atoms. The molecule has 176 valence electrons. The van der Waals surface area contributed by atoms with E-state index in [0.717, 1.165) is 45.0 Å². The minimum absolute atomic E-state index is 0.0733. The summed E-state index contributed by atoms with van der Waals surface area (Å²) in [4.78, 5) is 30.9. The molecule has 1 aromatic heterocycles. The molecule has 3 aliphatic carbocycles. The van der Waals surface area contributed by atoms with Gasteiger partial charge in [-0.1, -0.05) is 59.6 Å². The number of hydrogen-bond acceptors (Lipinski definition) is 3. The Hall–Kier alpha value is -2.73. The van der Waals surface area contributed by atoms with Crippen molar-refractivity contribution in [2.45, 2.75) is 63.8 Å². The smallest absolute Gasteiger partial charge is 0.309 e. The van der Waals surface area contributed by atoms with Crippen LogP contribution in [-0.2, 0) is 11.2 Å². The maximum atomic E-state index is 14.0. The van der Waals surface area contributed by atoms with Crippen molar-refractivity contribution in [1.82, 2.24) is 10.3 Å². The van der Waals surface area contributed by atoms with Gasteiger partial charge >= 0.3 is 5.97 Å². The summed E-state index contributed by atoms with van der Waals surface area (Å²) in [7, 11) is 0. The summed E-state index contributed by atoms with van der Waals surface area (Å²) in [5.74, 6) is -0.759.